The van der Waals surface area contributed by atoms with Gasteiger partial charge in [-0.25, -0.2) is 0 Å². The first-order chi connectivity index (χ1) is 15.0. The highest BCUT2D eigenvalue weighted by molar-refractivity contribution is 5.49. The van der Waals surface area contributed by atoms with Gasteiger partial charge in [0.15, 0.2) is 23.0 Å². The summed E-state index contributed by atoms with van der Waals surface area (Å²) in [4.78, 5) is 0. The molecule has 0 aromatic heterocycles. The second-order valence-corrected chi connectivity index (χ2v) is 8.06. The smallest absolute Gasteiger partial charge is 0.160 e. The summed E-state index contributed by atoms with van der Waals surface area (Å²) >= 11 is 0. The van der Waals surface area contributed by atoms with Crippen LogP contribution in [0.5, 0.6) is 23.0 Å². The van der Waals surface area contributed by atoms with Crippen molar-refractivity contribution >= 4 is 0 Å². The van der Waals surface area contributed by atoms with E-state index in [1.165, 1.54) is 12.8 Å². The van der Waals surface area contributed by atoms with Crippen LogP contribution in [0.25, 0.3) is 0 Å². The number of nitrogens with one attached hydrogen (secondary N) is 2. The van der Waals surface area contributed by atoms with E-state index in [2.05, 4.69) is 10.6 Å². The molecule has 0 spiro atoms. The maximum absolute atomic E-state index is 9.95. The first-order valence-electron chi connectivity index (χ1n) is 11.4. The Morgan fingerprint density at radius 1 is 0.645 bits per heavy atom. The molecule has 172 valence electrons. The summed E-state index contributed by atoms with van der Waals surface area (Å²) in [5, 5.41) is 45.7. The monoisotopic (exact) mass is 430 g/mol. The number of hydrogen-bond donors (Lipinski definition) is 6. The first-order valence-corrected chi connectivity index (χ1v) is 11.4. The molecule has 2 rings (SSSR count). The van der Waals surface area contributed by atoms with Crippen molar-refractivity contribution in [3.63, 3.8) is 0 Å². The van der Waals surface area contributed by atoms with E-state index in [4.69, 9.17) is 0 Å². The van der Waals surface area contributed by atoms with Gasteiger partial charge in [0, 0.05) is 5.56 Å². The number of phenolic OH excluding ortho intramolecular Hbond substituents is 4. The van der Waals surface area contributed by atoms with Crippen LogP contribution < -0.4 is 10.6 Å². The molecular formula is C25H38N2O4. The topological polar surface area (TPSA) is 105 Å². The SMILES string of the molecule is CCc1c(CCNCCCCCCNCCc2ccc(O)c(O)c2C)ccc(O)c1O. The van der Waals surface area contributed by atoms with Crippen molar-refractivity contribution in [2.75, 3.05) is 26.2 Å². The predicted octanol–water partition coefficient (Wildman–Crippen LogP) is 3.90. The van der Waals surface area contributed by atoms with Gasteiger partial charge in [-0.15, -0.1) is 0 Å². The minimum absolute atomic E-state index is 0.0156. The quantitative estimate of drug-likeness (QED) is 0.201. The van der Waals surface area contributed by atoms with Gasteiger partial charge in [-0.2, -0.15) is 0 Å². The molecule has 6 heteroatoms. The van der Waals surface area contributed by atoms with Crippen molar-refractivity contribution in [3.05, 3.63) is 46.5 Å². The number of aromatic hydroxyl groups is 4. The zero-order valence-corrected chi connectivity index (χ0v) is 18.9. The fraction of sp³-hybridized carbons (Fsp3) is 0.520. The third kappa shape index (κ3) is 7.64. The van der Waals surface area contributed by atoms with Crippen molar-refractivity contribution in [1.29, 1.82) is 0 Å². The molecule has 0 saturated carbocycles. The Labute approximate surface area is 186 Å². The minimum atomic E-state index is -0.0611. The third-order valence-electron chi connectivity index (χ3n) is 5.83. The molecule has 0 aliphatic carbocycles. The molecule has 6 N–H and O–H groups in total. The maximum atomic E-state index is 9.95. The van der Waals surface area contributed by atoms with Gasteiger partial charge in [0.1, 0.15) is 0 Å². The normalized spacial score (nSPS) is 11.2. The molecule has 0 amide bonds. The van der Waals surface area contributed by atoms with Gasteiger partial charge in [0.05, 0.1) is 0 Å². The molecule has 0 fully saturated rings. The van der Waals surface area contributed by atoms with Crippen molar-refractivity contribution < 1.29 is 20.4 Å². The van der Waals surface area contributed by atoms with Gasteiger partial charge in [-0.3, -0.25) is 0 Å². The van der Waals surface area contributed by atoms with Gasteiger partial charge in [-0.1, -0.05) is 31.9 Å². The predicted molar refractivity (Wildman–Crippen MR) is 125 cm³/mol. The van der Waals surface area contributed by atoms with E-state index in [-0.39, 0.29) is 23.0 Å². The van der Waals surface area contributed by atoms with Gasteiger partial charge >= 0.3 is 0 Å². The lowest BCUT2D eigenvalue weighted by atomic mass is 10.0. The Morgan fingerprint density at radius 3 is 1.74 bits per heavy atom. The van der Waals surface area contributed by atoms with E-state index >= 15 is 0 Å². The van der Waals surface area contributed by atoms with Crippen LogP contribution in [-0.4, -0.2) is 46.6 Å². The lowest BCUT2D eigenvalue weighted by molar-refractivity contribution is 0.399. The van der Waals surface area contributed by atoms with Crippen LogP contribution in [0.3, 0.4) is 0 Å². The summed E-state index contributed by atoms with van der Waals surface area (Å²) in [5.41, 5.74) is 3.74. The average Bonchev–Trinajstić information content (AvgIpc) is 2.76. The zero-order chi connectivity index (χ0) is 22.6. The van der Waals surface area contributed by atoms with Crippen LogP contribution in [0.2, 0.25) is 0 Å². The molecule has 0 saturated heterocycles. The van der Waals surface area contributed by atoms with Crippen LogP contribution in [0.15, 0.2) is 24.3 Å². The van der Waals surface area contributed by atoms with Crippen molar-refractivity contribution in [3.8, 4) is 23.0 Å². The van der Waals surface area contributed by atoms with Crippen molar-refractivity contribution in [2.45, 2.75) is 58.8 Å². The van der Waals surface area contributed by atoms with Crippen molar-refractivity contribution in [1.82, 2.24) is 10.6 Å². The van der Waals surface area contributed by atoms with E-state index in [0.29, 0.717) is 6.42 Å². The Balaban J connectivity index is 1.48. The molecule has 0 aliphatic rings. The summed E-state index contributed by atoms with van der Waals surface area (Å²) in [6.07, 6.45) is 7.07. The Kier molecular flexibility index (Phi) is 10.5. The van der Waals surface area contributed by atoms with Crippen LogP contribution in [-0.2, 0) is 19.3 Å². The molecule has 0 radical (unpaired) electrons. The summed E-state index contributed by atoms with van der Waals surface area (Å²) in [6, 6.07) is 6.87. The van der Waals surface area contributed by atoms with Crippen LogP contribution in [0, 0.1) is 6.92 Å². The third-order valence-corrected chi connectivity index (χ3v) is 5.83. The molecule has 0 atom stereocenters. The van der Waals surface area contributed by atoms with Crippen molar-refractivity contribution in [2.24, 2.45) is 0 Å². The Hall–Kier alpha value is -2.44. The Morgan fingerprint density at radius 2 is 1.16 bits per heavy atom. The first kappa shape index (κ1) is 24.8. The zero-order valence-electron chi connectivity index (χ0n) is 18.9. The molecule has 0 heterocycles. The van der Waals surface area contributed by atoms with E-state index in [1.54, 1.807) is 12.1 Å². The summed E-state index contributed by atoms with van der Waals surface area (Å²) in [5.74, 6) is -0.102. The number of rotatable bonds is 14. The number of hydrogen-bond acceptors (Lipinski definition) is 6. The van der Waals surface area contributed by atoms with Crippen LogP contribution in [0.4, 0.5) is 0 Å². The lowest BCUT2D eigenvalue weighted by Crippen LogP contribution is -2.20. The summed E-state index contributed by atoms with van der Waals surface area (Å²) < 4.78 is 0. The molecule has 0 bridgehead atoms. The number of benzene rings is 2. The molecule has 6 nitrogen and oxygen atoms in total. The second-order valence-electron chi connectivity index (χ2n) is 8.06. The minimum Gasteiger partial charge on any atom is -0.504 e. The Bertz CT molecular complexity index is 824. The molecule has 2 aromatic carbocycles. The molecular weight excluding hydrogens is 392 g/mol. The van der Waals surface area contributed by atoms with Gasteiger partial charge in [0.25, 0.3) is 0 Å². The highest BCUT2D eigenvalue weighted by Crippen LogP contribution is 2.32. The van der Waals surface area contributed by atoms with Gasteiger partial charge in [0.2, 0.25) is 0 Å². The average molecular weight is 431 g/mol. The fourth-order valence-corrected chi connectivity index (χ4v) is 3.84. The molecule has 31 heavy (non-hydrogen) atoms. The second kappa shape index (κ2) is 13.1. The number of unbranched alkanes of at least 4 members (excludes halogenated alkanes) is 3. The standard InChI is InChI=1S/C25H38N2O4/c1-3-21-20(9-11-23(29)25(21)31)13-17-27-15-7-5-4-6-14-26-16-12-19-8-10-22(28)24(30)18(19)2/h8-11,26-31H,3-7,12-17H2,1-2H3. The highest BCUT2D eigenvalue weighted by atomic mass is 16.3. The fourth-order valence-electron chi connectivity index (χ4n) is 3.84. The van der Waals surface area contributed by atoms with E-state index in [0.717, 1.165) is 74.1 Å². The van der Waals surface area contributed by atoms with E-state index in [9.17, 15) is 20.4 Å². The van der Waals surface area contributed by atoms with E-state index in [1.807, 2.05) is 26.0 Å². The molecule has 2 aromatic rings. The van der Waals surface area contributed by atoms with Gasteiger partial charge < -0.3 is 31.1 Å². The van der Waals surface area contributed by atoms with E-state index < -0.39 is 0 Å². The summed E-state index contributed by atoms with van der Waals surface area (Å²) in [7, 11) is 0. The largest absolute Gasteiger partial charge is 0.504 e. The number of phenols is 4. The van der Waals surface area contributed by atoms with Crippen LogP contribution in [0.1, 0.15) is 54.9 Å². The van der Waals surface area contributed by atoms with Gasteiger partial charge in [-0.05, 0) is 94.0 Å². The summed E-state index contributed by atoms with van der Waals surface area (Å²) in [6.45, 7) is 7.52. The maximum Gasteiger partial charge on any atom is 0.160 e. The van der Waals surface area contributed by atoms with Crippen LogP contribution >= 0.6 is 0 Å². The lowest BCUT2D eigenvalue weighted by Gasteiger charge is -2.12. The molecule has 0 unspecified atom stereocenters. The highest BCUT2D eigenvalue weighted by Gasteiger charge is 2.10. The molecule has 0 aliphatic heterocycles.